The predicted octanol–water partition coefficient (Wildman–Crippen LogP) is 2.09. The van der Waals surface area contributed by atoms with Crippen molar-refractivity contribution in [1.29, 1.82) is 0 Å². The van der Waals surface area contributed by atoms with Crippen LogP contribution in [0.5, 0.6) is 0 Å². The van der Waals surface area contributed by atoms with Crippen LogP contribution in [-0.2, 0) is 4.74 Å². The number of carbonyl (C=O) groups is 2. The van der Waals surface area contributed by atoms with E-state index in [0.29, 0.717) is 5.52 Å². The van der Waals surface area contributed by atoms with E-state index in [0.717, 1.165) is 16.3 Å². The maximum absolute atomic E-state index is 11.6. The third kappa shape index (κ3) is 1.29. The van der Waals surface area contributed by atoms with Gasteiger partial charge >= 0.3 is 11.9 Å². The van der Waals surface area contributed by atoms with E-state index in [-0.39, 0.29) is 11.1 Å². The number of hydrogen-bond acceptors (Lipinski definition) is 5. The molecule has 2 aromatic carbocycles. The number of carbonyl (C=O) groups excluding carboxylic acids is 2. The predicted molar refractivity (Wildman–Crippen MR) is 66.8 cm³/mol. The second-order valence-corrected chi connectivity index (χ2v) is 4.31. The highest BCUT2D eigenvalue weighted by atomic mass is 16.6. The highest BCUT2D eigenvalue weighted by molar-refractivity contribution is 6.18. The second-order valence-electron chi connectivity index (χ2n) is 4.31. The van der Waals surface area contributed by atoms with Crippen LogP contribution in [0.1, 0.15) is 20.7 Å². The quantitative estimate of drug-likeness (QED) is 0.347. The average Bonchev–Trinajstić information content (AvgIpc) is 2.72. The lowest BCUT2D eigenvalue weighted by Gasteiger charge is -2.02. The number of fused-ring (bicyclic) bond motifs is 4. The fraction of sp³-hybridized carbons (Fsp3) is 0. The first-order valence-electron chi connectivity index (χ1n) is 5.70. The molecular weight excluding hydrogens is 244 g/mol. The Bertz CT molecular complexity index is 886. The van der Waals surface area contributed by atoms with Gasteiger partial charge in [-0.25, -0.2) is 9.59 Å². The average molecular weight is 250 g/mol. The van der Waals surface area contributed by atoms with Crippen LogP contribution in [0.15, 0.2) is 36.4 Å². The molecule has 3 aromatic rings. The van der Waals surface area contributed by atoms with Crippen LogP contribution in [0, 0.1) is 0 Å². The van der Waals surface area contributed by atoms with Gasteiger partial charge in [-0.1, -0.05) is 18.2 Å². The summed E-state index contributed by atoms with van der Waals surface area (Å²) in [4.78, 5) is 23.1. The summed E-state index contributed by atoms with van der Waals surface area (Å²) in [6, 6.07) is 10.7. The molecule has 1 aliphatic heterocycles. The third-order valence-electron chi connectivity index (χ3n) is 3.22. The fourth-order valence-corrected chi connectivity index (χ4v) is 2.31. The Morgan fingerprint density at radius 2 is 1.47 bits per heavy atom. The van der Waals surface area contributed by atoms with Gasteiger partial charge in [-0.2, -0.15) is 0 Å². The minimum atomic E-state index is -0.628. The molecular formula is C14H6N2O3. The molecule has 0 radical (unpaired) electrons. The van der Waals surface area contributed by atoms with E-state index in [1.165, 1.54) is 0 Å². The zero-order valence-corrected chi connectivity index (χ0v) is 9.58. The summed E-state index contributed by atoms with van der Waals surface area (Å²) in [7, 11) is 0. The minimum absolute atomic E-state index is 0.252. The van der Waals surface area contributed by atoms with E-state index in [1.54, 1.807) is 12.1 Å². The molecule has 19 heavy (non-hydrogen) atoms. The van der Waals surface area contributed by atoms with Gasteiger partial charge in [-0.15, -0.1) is 10.2 Å². The van der Waals surface area contributed by atoms with Crippen LogP contribution >= 0.6 is 0 Å². The number of hydrogen-bond donors (Lipinski definition) is 0. The van der Waals surface area contributed by atoms with Gasteiger partial charge in [0.2, 0.25) is 0 Å². The molecule has 0 aliphatic carbocycles. The van der Waals surface area contributed by atoms with Crippen molar-refractivity contribution in [3.05, 3.63) is 47.5 Å². The van der Waals surface area contributed by atoms with Crippen molar-refractivity contribution < 1.29 is 14.3 Å². The lowest BCUT2D eigenvalue weighted by Crippen LogP contribution is -1.96. The second kappa shape index (κ2) is 3.35. The van der Waals surface area contributed by atoms with Crippen molar-refractivity contribution in [3.63, 3.8) is 0 Å². The molecule has 0 fully saturated rings. The number of ether oxygens (including phenoxy) is 1. The lowest BCUT2D eigenvalue weighted by atomic mass is 10.0. The van der Waals surface area contributed by atoms with Gasteiger partial charge in [0.05, 0.1) is 22.2 Å². The smallest absolute Gasteiger partial charge is 0.346 e. The van der Waals surface area contributed by atoms with Crippen LogP contribution in [0.4, 0.5) is 0 Å². The number of esters is 2. The van der Waals surface area contributed by atoms with E-state index in [4.69, 9.17) is 0 Å². The zero-order valence-electron chi connectivity index (χ0n) is 9.58. The highest BCUT2D eigenvalue weighted by Crippen LogP contribution is 2.28. The minimum Gasteiger partial charge on any atom is -0.386 e. The molecule has 1 aliphatic rings. The molecule has 0 saturated heterocycles. The molecule has 0 bridgehead atoms. The topological polar surface area (TPSA) is 69.2 Å². The highest BCUT2D eigenvalue weighted by Gasteiger charge is 2.30. The molecule has 0 unspecified atom stereocenters. The Hall–Kier alpha value is -2.82. The zero-order chi connectivity index (χ0) is 13.0. The molecule has 0 amide bonds. The summed E-state index contributed by atoms with van der Waals surface area (Å²) in [5.41, 5.74) is 1.86. The summed E-state index contributed by atoms with van der Waals surface area (Å²) in [6.07, 6.45) is 0. The SMILES string of the molecule is O=C1OC(=O)c2cc3c(cc21)nnc1ccccc13. The van der Waals surface area contributed by atoms with Crippen LogP contribution < -0.4 is 0 Å². The Labute approximate surface area is 106 Å². The van der Waals surface area contributed by atoms with E-state index in [9.17, 15) is 9.59 Å². The number of cyclic esters (lactones) is 2. The van der Waals surface area contributed by atoms with Gasteiger partial charge in [0.15, 0.2) is 0 Å². The Balaban J connectivity index is 2.19. The van der Waals surface area contributed by atoms with E-state index in [1.807, 2.05) is 24.3 Å². The normalized spacial score (nSPS) is 13.9. The van der Waals surface area contributed by atoms with Crippen molar-refractivity contribution in [3.8, 4) is 0 Å². The monoisotopic (exact) mass is 250 g/mol. The summed E-state index contributed by atoms with van der Waals surface area (Å²) in [5.74, 6) is -1.24. The van der Waals surface area contributed by atoms with E-state index < -0.39 is 11.9 Å². The first-order chi connectivity index (χ1) is 9.24. The third-order valence-corrected chi connectivity index (χ3v) is 3.22. The Kier molecular flexibility index (Phi) is 1.79. The maximum Gasteiger partial charge on any atom is 0.346 e. The molecule has 0 spiro atoms. The number of aromatic nitrogens is 2. The molecule has 90 valence electrons. The number of rotatable bonds is 0. The molecule has 2 heterocycles. The summed E-state index contributed by atoms with van der Waals surface area (Å²) in [6.45, 7) is 0. The van der Waals surface area contributed by atoms with Crippen molar-refractivity contribution in [2.24, 2.45) is 0 Å². The van der Waals surface area contributed by atoms with Crippen molar-refractivity contribution in [1.82, 2.24) is 10.2 Å². The molecule has 1 aromatic heterocycles. The van der Waals surface area contributed by atoms with Gasteiger partial charge in [-0.3, -0.25) is 0 Å². The fourth-order valence-electron chi connectivity index (χ4n) is 2.31. The first-order valence-corrected chi connectivity index (χ1v) is 5.70. The van der Waals surface area contributed by atoms with Crippen molar-refractivity contribution >= 4 is 33.7 Å². The lowest BCUT2D eigenvalue weighted by molar-refractivity contribution is 0.0444. The largest absolute Gasteiger partial charge is 0.386 e. The summed E-state index contributed by atoms with van der Waals surface area (Å²) in [5, 5.41) is 9.85. The van der Waals surface area contributed by atoms with Gasteiger partial charge in [-0.05, 0) is 18.2 Å². The van der Waals surface area contributed by atoms with Crippen molar-refractivity contribution in [2.45, 2.75) is 0 Å². The standard InChI is InChI=1S/C14H6N2O3/c17-13-9-5-8-7-3-1-2-4-11(7)15-16-12(8)6-10(9)14(18)19-13/h1-6H. The molecule has 5 nitrogen and oxygen atoms in total. The van der Waals surface area contributed by atoms with E-state index >= 15 is 0 Å². The first kappa shape index (κ1) is 10.1. The van der Waals surface area contributed by atoms with Gasteiger partial charge in [0, 0.05) is 10.8 Å². The van der Waals surface area contributed by atoms with Crippen LogP contribution in [0.25, 0.3) is 21.8 Å². The maximum atomic E-state index is 11.6. The molecule has 0 atom stereocenters. The van der Waals surface area contributed by atoms with Crippen LogP contribution in [0.3, 0.4) is 0 Å². The Morgan fingerprint density at radius 1 is 0.789 bits per heavy atom. The number of benzene rings is 2. The Morgan fingerprint density at radius 3 is 2.32 bits per heavy atom. The van der Waals surface area contributed by atoms with E-state index in [2.05, 4.69) is 14.9 Å². The van der Waals surface area contributed by atoms with Crippen molar-refractivity contribution in [2.75, 3.05) is 0 Å². The van der Waals surface area contributed by atoms with Gasteiger partial charge in [0.1, 0.15) is 0 Å². The van der Waals surface area contributed by atoms with Crippen LogP contribution in [0.2, 0.25) is 0 Å². The molecule has 0 N–H and O–H groups in total. The summed E-state index contributed by atoms with van der Waals surface area (Å²) >= 11 is 0. The summed E-state index contributed by atoms with van der Waals surface area (Å²) < 4.78 is 4.59. The molecule has 0 saturated carbocycles. The molecule has 5 heteroatoms. The van der Waals surface area contributed by atoms with Gasteiger partial charge in [0.25, 0.3) is 0 Å². The number of nitrogens with zero attached hydrogens (tertiary/aromatic N) is 2. The van der Waals surface area contributed by atoms with Crippen LogP contribution in [-0.4, -0.2) is 22.1 Å². The van der Waals surface area contributed by atoms with Gasteiger partial charge < -0.3 is 4.74 Å². The molecule has 4 rings (SSSR count).